The molecule has 0 saturated heterocycles. The van der Waals surface area contributed by atoms with Crippen LogP contribution >= 0.6 is 0 Å². The maximum atomic E-state index is 13.5. The fourth-order valence-corrected chi connectivity index (χ4v) is 3.42. The maximum Gasteiger partial charge on any atom is 0.266 e. The van der Waals surface area contributed by atoms with E-state index < -0.39 is 0 Å². The van der Waals surface area contributed by atoms with Crippen LogP contribution < -0.4 is 5.56 Å². The molecule has 6 heteroatoms. The van der Waals surface area contributed by atoms with E-state index in [1.165, 1.54) is 0 Å². The van der Waals surface area contributed by atoms with Gasteiger partial charge in [-0.15, -0.1) is 0 Å². The Morgan fingerprint density at radius 3 is 2.50 bits per heavy atom. The van der Waals surface area contributed by atoms with Crippen LogP contribution in [0, 0.1) is 18.3 Å². The maximum absolute atomic E-state index is 13.5. The summed E-state index contributed by atoms with van der Waals surface area (Å²) in [5, 5.41) is 14.0. The van der Waals surface area contributed by atoms with Gasteiger partial charge in [0.15, 0.2) is 0 Å². The van der Waals surface area contributed by atoms with Crippen molar-refractivity contribution in [3.8, 4) is 22.9 Å². The number of hydrogen-bond acceptors (Lipinski definition) is 4. The summed E-state index contributed by atoms with van der Waals surface area (Å²) < 4.78 is 3.47. The number of nitrogens with zero attached hydrogens (tertiary/aromatic N) is 5. The average Bonchev–Trinajstić information content (AvgIpc) is 3.24. The summed E-state index contributed by atoms with van der Waals surface area (Å²) in [6.45, 7) is 8.74. The van der Waals surface area contributed by atoms with Crippen molar-refractivity contribution in [1.82, 2.24) is 19.3 Å². The van der Waals surface area contributed by atoms with Crippen molar-refractivity contribution in [2.24, 2.45) is 0 Å². The molecule has 2 heterocycles. The standard InChI is InChI=1S/C22H19N5O.C2H6/c1-3-11-26-14-17(13-24-26)19-5-4-6-20-21(19)22(28)27(15(2)25-20)18-9-7-16(12-23)8-10-18;1-2/h4-10,13-14H,3,11H2,1-2H3;1-2H3. The molecule has 0 radical (unpaired) electrons. The molecule has 0 aliphatic carbocycles. The van der Waals surface area contributed by atoms with E-state index in [0.717, 1.165) is 24.1 Å². The van der Waals surface area contributed by atoms with Gasteiger partial charge >= 0.3 is 0 Å². The molecule has 0 aliphatic heterocycles. The van der Waals surface area contributed by atoms with Crippen LogP contribution in [0.1, 0.15) is 38.6 Å². The Labute approximate surface area is 176 Å². The number of hydrogen-bond donors (Lipinski definition) is 0. The van der Waals surface area contributed by atoms with Gasteiger partial charge in [0.05, 0.1) is 34.4 Å². The van der Waals surface area contributed by atoms with E-state index in [0.29, 0.717) is 28.0 Å². The van der Waals surface area contributed by atoms with Gasteiger partial charge in [0.2, 0.25) is 0 Å². The molecule has 152 valence electrons. The average molecular weight is 399 g/mol. The Bertz CT molecular complexity index is 1260. The summed E-state index contributed by atoms with van der Waals surface area (Å²) in [4.78, 5) is 18.1. The third-order valence-electron chi connectivity index (χ3n) is 4.72. The normalized spacial score (nSPS) is 10.4. The van der Waals surface area contributed by atoms with Gasteiger partial charge < -0.3 is 0 Å². The summed E-state index contributed by atoms with van der Waals surface area (Å²) in [7, 11) is 0. The predicted molar refractivity (Wildman–Crippen MR) is 120 cm³/mol. The lowest BCUT2D eigenvalue weighted by molar-refractivity contribution is 0.603. The Morgan fingerprint density at radius 1 is 1.10 bits per heavy atom. The monoisotopic (exact) mass is 399 g/mol. The lowest BCUT2D eigenvalue weighted by Crippen LogP contribution is -2.22. The SMILES string of the molecule is CC.CCCn1cc(-c2cccc3nc(C)n(-c4ccc(C#N)cc4)c(=O)c23)cn1. The van der Waals surface area contributed by atoms with E-state index >= 15 is 0 Å². The quantitative estimate of drug-likeness (QED) is 0.491. The first-order valence-corrected chi connectivity index (χ1v) is 10.2. The van der Waals surface area contributed by atoms with Crippen LogP contribution in [0.4, 0.5) is 0 Å². The Hall–Kier alpha value is -3.72. The second kappa shape index (κ2) is 9.19. The molecule has 0 amide bonds. The zero-order valence-electron chi connectivity index (χ0n) is 17.8. The van der Waals surface area contributed by atoms with Gasteiger partial charge in [0.25, 0.3) is 5.56 Å². The van der Waals surface area contributed by atoms with Crippen molar-refractivity contribution < 1.29 is 0 Å². The van der Waals surface area contributed by atoms with E-state index in [1.54, 1.807) is 35.0 Å². The molecule has 0 spiro atoms. The highest BCUT2D eigenvalue weighted by molar-refractivity contribution is 5.93. The molecule has 0 aliphatic rings. The smallest absolute Gasteiger partial charge is 0.266 e. The van der Waals surface area contributed by atoms with Crippen molar-refractivity contribution in [1.29, 1.82) is 5.26 Å². The van der Waals surface area contributed by atoms with E-state index in [2.05, 4.69) is 23.1 Å². The molecule has 0 saturated carbocycles. The number of aromatic nitrogens is 4. The minimum absolute atomic E-state index is 0.133. The molecule has 0 atom stereocenters. The Morgan fingerprint density at radius 2 is 1.83 bits per heavy atom. The lowest BCUT2D eigenvalue weighted by atomic mass is 10.0. The summed E-state index contributed by atoms with van der Waals surface area (Å²) >= 11 is 0. The van der Waals surface area contributed by atoms with Crippen LogP contribution in [-0.4, -0.2) is 19.3 Å². The van der Waals surface area contributed by atoms with Crippen molar-refractivity contribution in [3.05, 3.63) is 76.6 Å². The molecule has 0 fully saturated rings. The van der Waals surface area contributed by atoms with Crippen molar-refractivity contribution in [3.63, 3.8) is 0 Å². The molecule has 4 rings (SSSR count). The molecule has 4 aromatic rings. The van der Waals surface area contributed by atoms with Gasteiger partial charge in [0, 0.05) is 18.3 Å². The number of fused-ring (bicyclic) bond motifs is 1. The first-order chi connectivity index (χ1) is 14.6. The van der Waals surface area contributed by atoms with Crippen LogP contribution in [0.3, 0.4) is 0 Å². The van der Waals surface area contributed by atoms with Crippen LogP contribution in [0.5, 0.6) is 0 Å². The molecule has 30 heavy (non-hydrogen) atoms. The lowest BCUT2D eigenvalue weighted by Gasteiger charge is -2.12. The fourth-order valence-electron chi connectivity index (χ4n) is 3.42. The molecule has 2 aromatic heterocycles. The van der Waals surface area contributed by atoms with Gasteiger partial charge in [0.1, 0.15) is 5.82 Å². The molecular weight excluding hydrogens is 374 g/mol. The summed E-state index contributed by atoms with van der Waals surface area (Å²) in [5.74, 6) is 0.598. The van der Waals surface area contributed by atoms with Gasteiger partial charge in [-0.3, -0.25) is 14.0 Å². The highest BCUT2D eigenvalue weighted by Crippen LogP contribution is 2.26. The number of rotatable bonds is 4. The Kier molecular flexibility index (Phi) is 6.43. The molecule has 2 aromatic carbocycles. The van der Waals surface area contributed by atoms with Crippen molar-refractivity contribution in [2.75, 3.05) is 0 Å². The number of benzene rings is 2. The van der Waals surface area contributed by atoms with Crippen LogP contribution in [0.2, 0.25) is 0 Å². The first kappa shape index (κ1) is 21.0. The second-order valence-corrected chi connectivity index (χ2v) is 6.65. The molecular formula is C24H25N5O. The van der Waals surface area contributed by atoms with E-state index in [4.69, 9.17) is 5.26 Å². The van der Waals surface area contributed by atoms with E-state index in [1.807, 2.05) is 49.8 Å². The van der Waals surface area contributed by atoms with Crippen LogP contribution in [0.25, 0.3) is 27.7 Å². The minimum atomic E-state index is -0.133. The second-order valence-electron chi connectivity index (χ2n) is 6.65. The van der Waals surface area contributed by atoms with Gasteiger partial charge in [-0.05, 0) is 49.2 Å². The number of nitriles is 1. The van der Waals surface area contributed by atoms with Crippen LogP contribution in [-0.2, 0) is 6.54 Å². The third-order valence-corrected chi connectivity index (χ3v) is 4.72. The molecule has 0 bridgehead atoms. The predicted octanol–water partition coefficient (Wildman–Crippen LogP) is 4.87. The van der Waals surface area contributed by atoms with E-state index in [9.17, 15) is 4.79 Å². The Balaban J connectivity index is 0.00000124. The molecule has 0 N–H and O–H groups in total. The summed E-state index contributed by atoms with van der Waals surface area (Å²) in [6.07, 6.45) is 4.74. The zero-order valence-corrected chi connectivity index (χ0v) is 17.8. The largest absolute Gasteiger partial charge is 0.272 e. The molecule has 0 unspecified atom stereocenters. The van der Waals surface area contributed by atoms with Gasteiger partial charge in [-0.2, -0.15) is 10.4 Å². The topological polar surface area (TPSA) is 76.5 Å². The third kappa shape index (κ3) is 3.87. The van der Waals surface area contributed by atoms with Crippen LogP contribution in [0.15, 0.2) is 59.7 Å². The molecule has 6 nitrogen and oxygen atoms in total. The summed E-state index contributed by atoms with van der Waals surface area (Å²) in [6, 6.07) is 14.7. The van der Waals surface area contributed by atoms with Crippen molar-refractivity contribution in [2.45, 2.75) is 40.7 Å². The summed E-state index contributed by atoms with van der Waals surface area (Å²) in [5.41, 5.74) is 3.48. The van der Waals surface area contributed by atoms with E-state index in [-0.39, 0.29) is 5.56 Å². The fraction of sp³-hybridized carbons (Fsp3) is 0.250. The van der Waals surface area contributed by atoms with Crippen molar-refractivity contribution >= 4 is 10.9 Å². The number of aryl methyl sites for hydroxylation is 2. The minimum Gasteiger partial charge on any atom is -0.272 e. The highest BCUT2D eigenvalue weighted by atomic mass is 16.1. The zero-order chi connectivity index (χ0) is 21.7. The van der Waals surface area contributed by atoms with Gasteiger partial charge in [-0.1, -0.05) is 32.9 Å². The van der Waals surface area contributed by atoms with Gasteiger partial charge in [-0.25, -0.2) is 4.98 Å². The highest BCUT2D eigenvalue weighted by Gasteiger charge is 2.15. The first-order valence-electron chi connectivity index (χ1n) is 10.2.